The van der Waals surface area contributed by atoms with Crippen LogP contribution in [0.2, 0.25) is 0 Å². The third-order valence-electron chi connectivity index (χ3n) is 4.41. The van der Waals surface area contributed by atoms with Gasteiger partial charge < -0.3 is 15.4 Å². The van der Waals surface area contributed by atoms with Crippen molar-refractivity contribution in [2.75, 3.05) is 26.2 Å². The second-order valence-corrected chi connectivity index (χ2v) is 5.95. The maximum Gasteiger partial charge on any atom is 0.122 e. The number of rotatable bonds is 2. The number of benzene rings is 1. The number of likely N-dealkylation sites (tertiary alicyclic amines) is 1. The number of para-hydroxylation sites is 1. The molecule has 0 bridgehead atoms. The van der Waals surface area contributed by atoms with E-state index in [-0.39, 0.29) is 0 Å². The van der Waals surface area contributed by atoms with Crippen LogP contribution in [0.15, 0.2) is 24.3 Å². The summed E-state index contributed by atoms with van der Waals surface area (Å²) in [4.78, 5) is 2.59. The van der Waals surface area contributed by atoms with E-state index in [0.29, 0.717) is 6.04 Å². The van der Waals surface area contributed by atoms with Crippen LogP contribution < -0.4 is 10.5 Å². The fourth-order valence-corrected chi connectivity index (χ4v) is 3.22. The Balaban J connectivity index is 1.60. The molecule has 1 saturated heterocycles. The molecule has 2 aliphatic rings. The lowest BCUT2D eigenvalue weighted by Gasteiger charge is -2.32. The minimum absolute atomic E-state index is 0.425. The quantitative estimate of drug-likeness (QED) is 0.884. The molecule has 1 fully saturated rings. The summed E-state index contributed by atoms with van der Waals surface area (Å²) in [5, 5.41) is 0. The average Bonchev–Trinajstić information content (AvgIpc) is 2.63. The van der Waals surface area contributed by atoms with Crippen molar-refractivity contribution in [2.24, 2.45) is 11.7 Å². The lowest BCUT2D eigenvalue weighted by Crippen LogP contribution is -2.42. The first-order chi connectivity index (χ1) is 9.31. The van der Waals surface area contributed by atoms with Crippen molar-refractivity contribution in [3.05, 3.63) is 29.8 Å². The molecule has 0 radical (unpaired) electrons. The van der Waals surface area contributed by atoms with Crippen molar-refractivity contribution < 1.29 is 4.74 Å². The van der Waals surface area contributed by atoms with Crippen LogP contribution in [0.3, 0.4) is 0 Å². The molecule has 19 heavy (non-hydrogen) atoms. The van der Waals surface area contributed by atoms with E-state index in [1.165, 1.54) is 25.2 Å². The van der Waals surface area contributed by atoms with Crippen LogP contribution in [0.25, 0.3) is 0 Å². The molecule has 0 amide bonds. The average molecular weight is 260 g/mol. The van der Waals surface area contributed by atoms with Crippen LogP contribution in [0, 0.1) is 5.92 Å². The van der Waals surface area contributed by atoms with Crippen LogP contribution in [0.1, 0.15) is 24.8 Å². The molecule has 1 atom stereocenters. The Hall–Kier alpha value is -1.06. The van der Waals surface area contributed by atoms with Crippen LogP contribution in [0.5, 0.6) is 5.75 Å². The zero-order chi connectivity index (χ0) is 13.1. The van der Waals surface area contributed by atoms with E-state index in [1.807, 2.05) is 0 Å². The molecule has 2 aliphatic heterocycles. The summed E-state index contributed by atoms with van der Waals surface area (Å²) >= 11 is 0. The molecule has 0 aliphatic carbocycles. The molecule has 2 heterocycles. The second kappa shape index (κ2) is 5.93. The zero-order valence-corrected chi connectivity index (χ0v) is 11.6. The highest BCUT2D eigenvalue weighted by molar-refractivity contribution is 5.34. The van der Waals surface area contributed by atoms with Gasteiger partial charge in [0.05, 0.1) is 6.61 Å². The first-order valence-electron chi connectivity index (χ1n) is 7.50. The molecule has 0 aromatic heterocycles. The fourth-order valence-electron chi connectivity index (χ4n) is 3.22. The topological polar surface area (TPSA) is 38.5 Å². The molecule has 0 spiro atoms. The summed E-state index contributed by atoms with van der Waals surface area (Å²) < 4.78 is 5.85. The number of piperidine rings is 1. The Bertz CT molecular complexity index is 413. The Kier molecular flexibility index (Phi) is 4.04. The van der Waals surface area contributed by atoms with E-state index in [1.54, 1.807) is 0 Å². The molecule has 0 saturated carbocycles. The van der Waals surface area contributed by atoms with E-state index in [4.69, 9.17) is 10.5 Å². The first kappa shape index (κ1) is 12.9. The van der Waals surface area contributed by atoms with Gasteiger partial charge in [-0.1, -0.05) is 18.2 Å². The highest BCUT2D eigenvalue weighted by Crippen LogP contribution is 2.27. The number of hydrogen-bond acceptors (Lipinski definition) is 3. The highest BCUT2D eigenvalue weighted by Gasteiger charge is 2.22. The van der Waals surface area contributed by atoms with Gasteiger partial charge in [0.25, 0.3) is 0 Å². The Morgan fingerprint density at radius 3 is 2.79 bits per heavy atom. The van der Waals surface area contributed by atoms with Crippen LogP contribution >= 0.6 is 0 Å². The zero-order valence-electron chi connectivity index (χ0n) is 11.6. The van der Waals surface area contributed by atoms with Gasteiger partial charge in [-0.05, 0) is 56.3 Å². The van der Waals surface area contributed by atoms with Gasteiger partial charge in [0.15, 0.2) is 0 Å². The Labute approximate surface area is 115 Å². The normalized spacial score (nSPS) is 25.4. The van der Waals surface area contributed by atoms with Crippen LogP contribution in [-0.4, -0.2) is 37.2 Å². The lowest BCUT2D eigenvalue weighted by molar-refractivity contribution is 0.172. The highest BCUT2D eigenvalue weighted by atomic mass is 16.5. The van der Waals surface area contributed by atoms with Crippen molar-refractivity contribution >= 4 is 0 Å². The van der Waals surface area contributed by atoms with Gasteiger partial charge in [-0.3, -0.25) is 0 Å². The van der Waals surface area contributed by atoms with E-state index in [9.17, 15) is 0 Å². The third kappa shape index (κ3) is 3.28. The monoisotopic (exact) mass is 260 g/mol. The predicted molar refractivity (Wildman–Crippen MR) is 77.4 cm³/mol. The minimum atomic E-state index is 0.425. The molecule has 3 rings (SSSR count). The predicted octanol–water partition coefficient (Wildman–Crippen LogP) is 2.05. The standard InChI is InChI=1S/C16H24N2O/c17-15-5-8-18(9-6-15)12-13-7-10-19-16-4-2-1-3-14(16)11-13/h1-4,13,15H,5-12,17H2. The van der Waals surface area contributed by atoms with E-state index >= 15 is 0 Å². The SMILES string of the molecule is NC1CCN(CC2CCOc3ccccc3C2)CC1. The third-order valence-corrected chi connectivity index (χ3v) is 4.41. The lowest BCUT2D eigenvalue weighted by atomic mass is 9.95. The summed E-state index contributed by atoms with van der Waals surface area (Å²) in [7, 11) is 0. The summed E-state index contributed by atoms with van der Waals surface area (Å²) in [6, 6.07) is 8.90. The number of fused-ring (bicyclic) bond motifs is 1. The molecular weight excluding hydrogens is 236 g/mol. The molecular formula is C16H24N2O. The second-order valence-electron chi connectivity index (χ2n) is 5.95. The summed E-state index contributed by atoms with van der Waals surface area (Å²) in [6.07, 6.45) is 4.62. The van der Waals surface area contributed by atoms with Gasteiger partial charge in [0.1, 0.15) is 5.75 Å². The van der Waals surface area contributed by atoms with Crippen LogP contribution in [0.4, 0.5) is 0 Å². The Morgan fingerprint density at radius 2 is 1.95 bits per heavy atom. The molecule has 1 unspecified atom stereocenters. The smallest absolute Gasteiger partial charge is 0.122 e. The van der Waals surface area contributed by atoms with Crippen molar-refractivity contribution in [1.82, 2.24) is 4.90 Å². The van der Waals surface area contributed by atoms with Crippen molar-refractivity contribution in [2.45, 2.75) is 31.7 Å². The minimum Gasteiger partial charge on any atom is -0.493 e. The number of nitrogens with two attached hydrogens (primary N) is 1. The van der Waals surface area contributed by atoms with E-state index in [2.05, 4.69) is 29.2 Å². The van der Waals surface area contributed by atoms with Gasteiger partial charge in [-0.2, -0.15) is 0 Å². The Morgan fingerprint density at radius 1 is 1.16 bits per heavy atom. The molecule has 3 nitrogen and oxygen atoms in total. The van der Waals surface area contributed by atoms with Crippen LogP contribution in [-0.2, 0) is 6.42 Å². The molecule has 2 N–H and O–H groups in total. The molecule has 1 aromatic carbocycles. The molecule has 104 valence electrons. The largest absolute Gasteiger partial charge is 0.493 e. The maximum atomic E-state index is 5.97. The van der Waals surface area contributed by atoms with Crippen molar-refractivity contribution in [3.63, 3.8) is 0 Å². The van der Waals surface area contributed by atoms with Gasteiger partial charge in [-0.15, -0.1) is 0 Å². The molecule has 1 aromatic rings. The fraction of sp³-hybridized carbons (Fsp3) is 0.625. The number of nitrogens with zero attached hydrogens (tertiary/aromatic N) is 1. The van der Waals surface area contributed by atoms with E-state index in [0.717, 1.165) is 44.0 Å². The summed E-state index contributed by atoms with van der Waals surface area (Å²) in [6.45, 7) is 4.39. The summed E-state index contributed by atoms with van der Waals surface area (Å²) in [5.74, 6) is 1.81. The first-order valence-corrected chi connectivity index (χ1v) is 7.50. The number of hydrogen-bond donors (Lipinski definition) is 1. The summed E-state index contributed by atoms with van der Waals surface area (Å²) in [5.41, 5.74) is 7.35. The molecule has 3 heteroatoms. The van der Waals surface area contributed by atoms with Gasteiger partial charge in [-0.25, -0.2) is 0 Å². The van der Waals surface area contributed by atoms with Crippen molar-refractivity contribution in [1.29, 1.82) is 0 Å². The van der Waals surface area contributed by atoms with Crippen molar-refractivity contribution in [3.8, 4) is 5.75 Å². The van der Waals surface area contributed by atoms with Gasteiger partial charge >= 0.3 is 0 Å². The maximum absolute atomic E-state index is 5.97. The number of ether oxygens (including phenoxy) is 1. The van der Waals surface area contributed by atoms with Gasteiger partial charge in [0, 0.05) is 12.6 Å². The van der Waals surface area contributed by atoms with Gasteiger partial charge in [0.2, 0.25) is 0 Å². The van der Waals surface area contributed by atoms with E-state index < -0.39 is 0 Å².